The first kappa shape index (κ1) is 12.3. The standard InChI is InChI=1S/C12H11ClN4O/c1-6-9-4-7(11(18)17-12(14)15)2-3-8(9)10(13)5-16-6/h2-5H,1H3,(H4,14,15,17,18). The van der Waals surface area contributed by atoms with E-state index in [1.165, 1.54) is 0 Å². The Balaban J connectivity index is 2.61. The van der Waals surface area contributed by atoms with E-state index >= 15 is 0 Å². The summed E-state index contributed by atoms with van der Waals surface area (Å²) in [5, 5.41) is 2.18. The maximum absolute atomic E-state index is 11.7. The van der Waals surface area contributed by atoms with Gasteiger partial charge >= 0.3 is 0 Å². The van der Waals surface area contributed by atoms with Gasteiger partial charge in [0.2, 0.25) is 0 Å². The van der Waals surface area contributed by atoms with Crippen LogP contribution in [-0.2, 0) is 0 Å². The van der Waals surface area contributed by atoms with Gasteiger partial charge in [-0.2, -0.15) is 4.99 Å². The Bertz CT molecular complexity index is 662. The SMILES string of the molecule is Cc1ncc(Cl)c2ccc(C(=O)N=C(N)N)cc12. The van der Waals surface area contributed by atoms with Gasteiger partial charge in [0.1, 0.15) is 0 Å². The van der Waals surface area contributed by atoms with Gasteiger partial charge in [0.15, 0.2) is 5.96 Å². The van der Waals surface area contributed by atoms with E-state index in [4.69, 9.17) is 23.1 Å². The van der Waals surface area contributed by atoms with Gasteiger partial charge in [-0.05, 0) is 19.1 Å². The van der Waals surface area contributed by atoms with E-state index in [-0.39, 0.29) is 5.96 Å². The first-order valence-corrected chi connectivity index (χ1v) is 5.55. The molecule has 18 heavy (non-hydrogen) atoms. The molecular formula is C12H11ClN4O. The molecule has 0 spiro atoms. The molecule has 5 nitrogen and oxygen atoms in total. The van der Waals surface area contributed by atoms with Crippen molar-refractivity contribution < 1.29 is 4.79 Å². The van der Waals surface area contributed by atoms with Crippen molar-refractivity contribution in [3.63, 3.8) is 0 Å². The second-order valence-corrected chi connectivity index (χ2v) is 4.20. The number of nitrogens with two attached hydrogens (primary N) is 2. The molecule has 0 saturated heterocycles. The molecule has 2 rings (SSSR count). The normalized spacial score (nSPS) is 10.3. The number of benzene rings is 1. The van der Waals surface area contributed by atoms with Gasteiger partial charge in [-0.3, -0.25) is 9.78 Å². The topological polar surface area (TPSA) is 94.4 Å². The third-order valence-electron chi connectivity index (χ3n) is 2.52. The van der Waals surface area contributed by atoms with Crippen molar-refractivity contribution in [2.45, 2.75) is 6.92 Å². The number of aromatic nitrogens is 1. The highest BCUT2D eigenvalue weighted by Gasteiger charge is 2.09. The zero-order valence-corrected chi connectivity index (χ0v) is 10.4. The highest BCUT2D eigenvalue weighted by molar-refractivity contribution is 6.35. The van der Waals surface area contributed by atoms with Gasteiger partial charge in [-0.1, -0.05) is 17.7 Å². The minimum Gasteiger partial charge on any atom is -0.370 e. The lowest BCUT2D eigenvalue weighted by Gasteiger charge is -2.05. The summed E-state index contributed by atoms with van der Waals surface area (Å²) >= 11 is 6.03. The summed E-state index contributed by atoms with van der Waals surface area (Å²) in [4.78, 5) is 19.3. The Morgan fingerprint density at radius 3 is 2.72 bits per heavy atom. The Hall–Kier alpha value is -2.14. The highest BCUT2D eigenvalue weighted by Crippen LogP contribution is 2.25. The van der Waals surface area contributed by atoms with Crippen molar-refractivity contribution in [2.75, 3.05) is 0 Å². The van der Waals surface area contributed by atoms with Gasteiger partial charge in [0.05, 0.1) is 5.02 Å². The van der Waals surface area contributed by atoms with E-state index in [0.29, 0.717) is 10.6 Å². The summed E-state index contributed by atoms with van der Waals surface area (Å²) in [6.45, 7) is 1.84. The van der Waals surface area contributed by atoms with Crippen molar-refractivity contribution in [2.24, 2.45) is 16.5 Å². The molecule has 0 radical (unpaired) electrons. The van der Waals surface area contributed by atoms with E-state index < -0.39 is 5.91 Å². The number of carbonyl (C=O) groups is 1. The Morgan fingerprint density at radius 1 is 1.33 bits per heavy atom. The van der Waals surface area contributed by atoms with Gasteiger partial charge in [-0.25, -0.2) is 0 Å². The second-order valence-electron chi connectivity index (χ2n) is 3.79. The number of aliphatic imine (C=N–C) groups is 1. The zero-order chi connectivity index (χ0) is 13.3. The number of carbonyl (C=O) groups excluding carboxylic acids is 1. The maximum Gasteiger partial charge on any atom is 0.280 e. The second kappa shape index (κ2) is 4.62. The Morgan fingerprint density at radius 2 is 2.06 bits per heavy atom. The minimum absolute atomic E-state index is 0.263. The highest BCUT2D eigenvalue weighted by atomic mass is 35.5. The molecule has 0 fully saturated rings. The van der Waals surface area contributed by atoms with Crippen LogP contribution in [0.15, 0.2) is 29.4 Å². The van der Waals surface area contributed by atoms with Crippen LogP contribution in [0.5, 0.6) is 0 Å². The van der Waals surface area contributed by atoms with Gasteiger partial charge in [0, 0.05) is 28.2 Å². The fraction of sp³-hybridized carbons (Fsp3) is 0.0833. The minimum atomic E-state index is -0.490. The lowest BCUT2D eigenvalue weighted by molar-refractivity contribution is 0.100. The Kier molecular flexibility index (Phi) is 3.16. The predicted molar refractivity (Wildman–Crippen MR) is 71.6 cm³/mol. The zero-order valence-electron chi connectivity index (χ0n) is 9.64. The maximum atomic E-state index is 11.7. The van der Waals surface area contributed by atoms with E-state index in [1.807, 2.05) is 6.92 Å². The first-order valence-electron chi connectivity index (χ1n) is 5.18. The fourth-order valence-corrected chi connectivity index (χ4v) is 1.87. The van der Waals surface area contributed by atoms with Crippen molar-refractivity contribution in [1.82, 2.24) is 4.98 Å². The van der Waals surface area contributed by atoms with E-state index in [1.54, 1.807) is 24.4 Å². The molecule has 0 aliphatic carbocycles. The number of halogens is 1. The van der Waals surface area contributed by atoms with Crippen LogP contribution in [-0.4, -0.2) is 16.9 Å². The largest absolute Gasteiger partial charge is 0.370 e. The van der Waals surface area contributed by atoms with Crippen LogP contribution in [0.1, 0.15) is 16.1 Å². The first-order chi connectivity index (χ1) is 8.49. The van der Waals surface area contributed by atoms with Gasteiger partial charge in [-0.15, -0.1) is 0 Å². The van der Waals surface area contributed by atoms with E-state index in [9.17, 15) is 4.79 Å². The number of nitrogens with zero attached hydrogens (tertiary/aromatic N) is 2. The number of guanidine groups is 1. The molecule has 0 aliphatic rings. The van der Waals surface area contributed by atoms with Crippen molar-refractivity contribution >= 4 is 34.2 Å². The molecule has 4 N–H and O–H groups in total. The van der Waals surface area contributed by atoms with Crippen LogP contribution in [0.2, 0.25) is 5.02 Å². The molecule has 0 saturated carbocycles. The van der Waals surface area contributed by atoms with Gasteiger partial charge in [0.25, 0.3) is 5.91 Å². The molecule has 1 aromatic heterocycles. The van der Waals surface area contributed by atoms with Crippen LogP contribution in [0, 0.1) is 6.92 Å². The quantitative estimate of drug-likeness (QED) is 0.603. The third kappa shape index (κ3) is 2.26. The van der Waals surface area contributed by atoms with E-state index in [2.05, 4.69) is 9.98 Å². The van der Waals surface area contributed by atoms with Crippen LogP contribution < -0.4 is 11.5 Å². The number of aryl methyl sites for hydroxylation is 1. The molecule has 0 aliphatic heterocycles. The smallest absolute Gasteiger partial charge is 0.280 e. The summed E-state index contributed by atoms with van der Waals surface area (Å²) in [6.07, 6.45) is 1.58. The summed E-state index contributed by atoms with van der Waals surface area (Å²) in [6, 6.07) is 5.06. The van der Waals surface area contributed by atoms with Crippen molar-refractivity contribution in [3.8, 4) is 0 Å². The molecule has 1 aromatic carbocycles. The molecule has 2 aromatic rings. The third-order valence-corrected chi connectivity index (χ3v) is 2.82. The van der Waals surface area contributed by atoms with Gasteiger partial charge < -0.3 is 11.5 Å². The predicted octanol–water partition coefficient (Wildman–Crippen LogP) is 1.61. The number of fused-ring (bicyclic) bond motifs is 1. The lowest BCUT2D eigenvalue weighted by Crippen LogP contribution is -2.24. The summed E-state index contributed by atoms with van der Waals surface area (Å²) in [7, 11) is 0. The monoisotopic (exact) mass is 262 g/mol. The number of pyridine rings is 1. The number of amides is 1. The van der Waals surface area contributed by atoms with Crippen molar-refractivity contribution in [3.05, 3.63) is 40.7 Å². The molecule has 92 valence electrons. The van der Waals surface area contributed by atoms with Crippen LogP contribution in [0.3, 0.4) is 0 Å². The average molecular weight is 263 g/mol. The van der Waals surface area contributed by atoms with Crippen LogP contribution in [0.25, 0.3) is 10.8 Å². The van der Waals surface area contributed by atoms with Crippen LogP contribution >= 0.6 is 11.6 Å². The summed E-state index contributed by atoms with van der Waals surface area (Å²) in [5.74, 6) is -0.752. The summed E-state index contributed by atoms with van der Waals surface area (Å²) in [5.41, 5.74) is 11.5. The number of hydrogen-bond acceptors (Lipinski definition) is 2. The molecule has 0 bridgehead atoms. The molecular weight excluding hydrogens is 252 g/mol. The van der Waals surface area contributed by atoms with Crippen LogP contribution in [0.4, 0.5) is 0 Å². The Labute approximate surface area is 108 Å². The molecule has 1 amide bonds. The molecule has 0 unspecified atom stereocenters. The van der Waals surface area contributed by atoms with E-state index in [0.717, 1.165) is 16.5 Å². The molecule has 1 heterocycles. The summed E-state index contributed by atoms with van der Waals surface area (Å²) < 4.78 is 0. The molecule has 6 heteroatoms. The van der Waals surface area contributed by atoms with Crippen molar-refractivity contribution in [1.29, 1.82) is 0 Å². The average Bonchev–Trinajstić information content (AvgIpc) is 2.33. The number of rotatable bonds is 1. The fourth-order valence-electron chi connectivity index (χ4n) is 1.66. The lowest BCUT2D eigenvalue weighted by atomic mass is 10.1. The molecule has 0 atom stereocenters. The number of hydrogen-bond donors (Lipinski definition) is 2.